The highest BCUT2D eigenvalue weighted by Crippen LogP contribution is 2.05. The van der Waals surface area contributed by atoms with Crippen molar-refractivity contribution in [2.45, 2.75) is 26.3 Å². The largest absolute Gasteiger partial charge is 0.396 e. The minimum absolute atomic E-state index is 0.161. The first-order chi connectivity index (χ1) is 8.97. The van der Waals surface area contributed by atoms with Crippen LogP contribution in [-0.4, -0.2) is 62.8 Å². The Morgan fingerprint density at radius 2 is 2.16 bits per heavy atom. The number of rotatable bonds is 8. The van der Waals surface area contributed by atoms with Crippen molar-refractivity contribution in [3.05, 3.63) is 11.4 Å². The predicted molar refractivity (Wildman–Crippen MR) is 79.1 cm³/mol. The monoisotopic (exact) mass is 272 g/mol. The van der Waals surface area contributed by atoms with Crippen LogP contribution in [0.1, 0.15) is 20.3 Å². The van der Waals surface area contributed by atoms with Gasteiger partial charge in [0.1, 0.15) is 11.7 Å². The molecule has 1 atom stereocenters. The number of hydrogen-bond acceptors (Lipinski definition) is 5. The summed E-state index contributed by atoms with van der Waals surface area (Å²) >= 11 is 0. The van der Waals surface area contributed by atoms with Crippen LogP contribution in [-0.2, 0) is 4.74 Å². The summed E-state index contributed by atoms with van der Waals surface area (Å²) in [7, 11) is 5.30. The quantitative estimate of drug-likeness (QED) is 0.432. The fourth-order valence-corrected chi connectivity index (χ4v) is 1.70. The molecule has 0 aliphatic carbocycles. The summed E-state index contributed by atoms with van der Waals surface area (Å²) in [6.45, 7) is 5.43. The molecule has 0 saturated heterocycles. The Labute approximate surface area is 116 Å². The molecule has 0 spiro atoms. The SMILES string of the molecule is C/N=C(N[C@H](C)COC)\C(C)=C(/N)N(C)CCCO. The summed E-state index contributed by atoms with van der Waals surface area (Å²) in [5, 5.41) is 12.1. The zero-order valence-corrected chi connectivity index (χ0v) is 12.7. The molecule has 0 saturated carbocycles. The molecule has 4 N–H and O–H groups in total. The maximum Gasteiger partial charge on any atom is 0.127 e. The van der Waals surface area contributed by atoms with E-state index in [1.54, 1.807) is 14.2 Å². The van der Waals surface area contributed by atoms with E-state index in [4.69, 9.17) is 15.6 Å². The first-order valence-electron chi connectivity index (χ1n) is 6.48. The van der Waals surface area contributed by atoms with Crippen LogP contribution >= 0.6 is 0 Å². The second-order valence-corrected chi connectivity index (χ2v) is 4.58. The lowest BCUT2D eigenvalue weighted by molar-refractivity contribution is 0.179. The third-order valence-corrected chi connectivity index (χ3v) is 2.83. The highest BCUT2D eigenvalue weighted by molar-refractivity contribution is 5.98. The Morgan fingerprint density at radius 3 is 2.63 bits per heavy atom. The number of aliphatic hydroxyl groups excluding tert-OH is 1. The Hall–Kier alpha value is -1.27. The third-order valence-electron chi connectivity index (χ3n) is 2.83. The van der Waals surface area contributed by atoms with Crippen molar-refractivity contribution in [3.8, 4) is 0 Å². The molecule has 0 heterocycles. The highest BCUT2D eigenvalue weighted by Gasteiger charge is 2.12. The van der Waals surface area contributed by atoms with Crippen LogP contribution < -0.4 is 11.1 Å². The van der Waals surface area contributed by atoms with Gasteiger partial charge in [-0.05, 0) is 20.3 Å². The van der Waals surface area contributed by atoms with Gasteiger partial charge in [0.15, 0.2) is 0 Å². The Bertz CT molecular complexity index is 316. The van der Waals surface area contributed by atoms with E-state index in [1.165, 1.54) is 0 Å². The summed E-state index contributed by atoms with van der Waals surface area (Å²) < 4.78 is 5.09. The molecule has 0 bridgehead atoms. The lowest BCUT2D eigenvalue weighted by atomic mass is 10.2. The molecule has 0 rings (SSSR count). The van der Waals surface area contributed by atoms with E-state index >= 15 is 0 Å². The van der Waals surface area contributed by atoms with Crippen molar-refractivity contribution >= 4 is 5.84 Å². The van der Waals surface area contributed by atoms with Crippen LogP contribution in [0.4, 0.5) is 0 Å². The molecular formula is C13H28N4O2. The van der Waals surface area contributed by atoms with Gasteiger partial charge >= 0.3 is 0 Å². The molecule has 0 aliphatic heterocycles. The lowest BCUT2D eigenvalue weighted by Gasteiger charge is -2.23. The van der Waals surface area contributed by atoms with Crippen molar-refractivity contribution in [1.82, 2.24) is 10.2 Å². The minimum atomic E-state index is 0.161. The molecule has 0 fully saturated rings. The van der Waals surface area contributed by atoms with Crippen molar-refractivity contribution in [2.24, 2.45) is 10.7 Å². The van der Waals surface area contributed by atoms with Gasteiger partial charge in [0.25, 0.3) is 0 Å². The second kappa shape index (κ2) is 9.63. The van der Waals surface area contributed by atoms with Crippen LogP contribution in [0.25, 0.3) is 0 Å². The third kappa shape index (κ3) is 6.45. The first-order valence-corrected chi connectivity index (χ1v) is 6.48. The van der Waals surface area contributed by atoms with Crippen LogP contribution in [0.5, 0.6) is 0 Å². The summed E-state index contributed by atoms with van der Waals surface area (Å²) in [4.78, 5) is 6.15. The van der Waals surface area contributed by atoms with Crippen LogP contribution in [0.2, 0.25) is 0 Å². The van der Waals surface area contributed by atoms with Gasteiger partial charge in [-0.25, -0.2) is 0 Å². The smallest absolute Gasteiger partial charge is 0.127 e. The summed E-state index contributed by atoms with van der Waals surface area (Å²) in [5.41, 5.74) is 6.99. The first kappa shape index (κ1) is 17.7. The van der Waals surface area contributed by atoms with E-state index < -0.39 is 0 Å². The van der Waals surface area contributed by atoms with Gasteiger partial charge in [0.2, 0.25) is 0 Å². The standard InChI is InChI=1S/C13H28N4O2/c1-10(9-19-5)16-13(15-3)11(2)12(14)17(4)7-6-8-18/h10,18H,6-9,14H2,1-5H3,(H,15,16)/b12-11+/t10-/m1/s1. The maximum absolute atomic E-state index is 8.84. The van der Waals surface area contributed by atoms with Gasteiger partial charge in [-0.1, -0.05) is 0 Å². The predicted octanol–water partition coefficient (Wildman–Crippen LogP) is 0.144. The number of aliphatic imine (C=N–C) groups is 1. The number of amidine groups is 1. The molecule has 0 radical (unpaired) electrons. The fraction of sp³-hybridized carbons (Fsp3) is 0.769. The molecule has 112 valence electrons. The second-order valence-electron chi connectivity index (χ2n) is 4.58. The van der Waals surface area contributed by atoms with Crippen molar-refractivity contribution in [3.63, 3.8) is 0 Å². The molecule has 0 aromatic carbocycles. The molecule has 0 aromatic rings. The maximum atomic E-state index is 8.84. The number of ether oxygens (including phenoxy) is 1. The van der Waals surface area contributed by atoms with Gasteiger partial charge in [-0.15, -0.1) is 0 Å². The molecule has 0 aliphatic rings. The number of methoxy groups -OCH3 is 1. The number of aliphatic hydroxyl groups is 1. The molecule has 6 heteroatoms. The van der Waals surface area contributed by atoms with Gasteiger partial charge in [-0.2, -0.15) is 0 Å². The molecule has 19 heavy (non-hydrogen) atoms. The average molecular weight is 272 g/mol. The summed E-state index contributed by atoms with van der Waals surface area (Å²) in [6.07, 6.45) is 0.691. The number of nitrogens with one attached hydrogen (secondary N) is 1. The number of hydrogen-bond donors (Lipinski definition) is 3. The van der Waals surface area contributed by atoms with Gasteiger partial charge in [-0.3, -0.25) is 4.99 Å². The van der Waals surface area contributed by atoms with Crippen molar-refractivity contribution in [2.75, 3.05) is 41.0 Å². The molecule has 0 aromatic heterocycles. The highest BCUT2D eigenvalue weighted by atomic mass is 16.5. The average Bonchev–Trinajstić information content (AvgIpc) is 2.40. The van der Waals surface area contributed by atoms with E-state index in [1.807, 2.05) is 25.8 Å². The lowest BCUT2D eigenvalue weighted by Crippen LogP contribution is -2.38. The normalized spacial score (nSPS) is 14.9. The van der Waals surface area contributed by atoms with Gasteiger partial charge < -0.3 is 25.8 Å². The Kier molecular flexibility index (Phi) is 8.99. The molecule has 0 unspecified atom stereocenters. The van der Waals surface area contributed by atoms with Gasteiger partial charge in [0.05, 0.1) is 6.61 Å². The van der Waals surface area contributed by atoms with Crippen molar-refractivity contribution in [1.29, 1.82) is 0 Å². The summed E-state index contributed by atoms with van der Waals surface area (Å²) in [6, 6.07) is 0.161. The van der Waals surface area contributed by atoms with E-state index in [0.29, 0.717) is 25.4 Å². The zero-order chi connectivity index (χ0) is 14.8. The van der Waals surface area contributed by atoms with Crippen LogP contribution in [0.3, 0.4) is 0 Å². The fourth-order valence-electron chi connectivity index (χ4n) is 1.70. The zero-order valence-electron chi connectivity index (χ0n) is 12.7. The number of nitrogens with zero attached hydrogens (tertiary/aromatic N) is 2. The van der Waals surface area contributed by atoms with E-state index in [2.05, 4.69) is 10.3 Å². The summed E-state index contributed by atoms with van der Waals surface area (Å²) in [5.74, 6) is 1.42. The van der Waals surface area contributed by atoms with E-state index in [-0.39, 0.29) is 12.6 Å². The molecular weight excluding hydrogens is 244 g/mol. The van der Waals surface area contributed by atoms with Crippen LogP contribution in [0, 0.1) is 0 Å². The molecule has 0 amide bonds. The van der Waals surface area contributed by atoms with Crippen molar-refractivity contribution < 1.29 is 9.84 Å². The minimum Gasteiger partial charge on any atom is -0.396 e. The van der Waals surface area contributed by atoms with Crippen LogP contribution in [0.15, 0.2) is 16.4 Å². The topological polar surface area (TPSA) is 83.1 Å². The van der Waals surface area contributed by atoms with E-state index in [9.17, 15) is 0 Å². The molecule has 6 nitrogen and oxygen atoms in total. The Morgan fingerprint density at radius 1 is 1.53 bits per heavy atom. The number of nitrogens with two attached hydrogens (primary N) is 1. The van der Waals surface area contributed by atoms with Gasteiger partial charge in [0, 0.05) is 46.0 Å². The van der Waals surface area contributed by atoms with E-state index in [0.717, 1.165) is 11.4 Å². The Balaban J connectivity index is 4.75.